The number of hydrogen-bond acceptors (Lipinski definition) is 1. The average Bonchev–Trinajstić information content (AvgIpc) is 2.46. The van der Waals surface area contributed by atoms with Crippen molar-refractivity contribution < 1.29 is 0 Å². The Bertz CT molecular complexity index is 460. The lowest BCUT2D eigenvalue weighted by molar-refractivity contribution is 0.609. The van der Waals surface area contributed by atoms with E-state index in [1.807, 2.05) is 37.4 Å². The molecule has 2 N–H and O–H groups in total. The summed E-state index contributed by atoms with van der Waals surface area (Å²) < 4.78 is 0. The van der Waals surface area contributed by atoms with E-state index in [0.29, 0.717) is 5.84 Å². The van der Waals surface area contributed by atoms with Gasteiger partial charge in [-0.1, -0.05) is 42.5 Å². The Balaban J connectivity index is 2.14. The van der Waals surface area contributed by atoms with E-state index in [4.69, 9.17) is 5.41 Å². The summed E-state index contributed by atoms with van der Waals surface area (Å²) >= 11 is 0. The van der Waals surface area contributed by atoms with Crippen molar-refractivity contribution in [3.05, 3.63) is 48.0 Å². The van der Waals surface area contributed by atoms with Crippen molar-refractivity contribution in [3.63, 3.8) is 0 Å². The number of nitrogens with one attached hydrogen (secondary N) is 2. The molecule has 0 saturated carbocycles. The second kappa shape index (κ2) is 6.15. The number of nitrogens with zero attached hydrogens (tertiary/aromatic N) is 1. The number of allylic oxidation sites excluding steroid dienone is 2. The average molecular weight is 241 g/mol. The van der Waals surface area contributed by atoms with Gasteiger partial charge in [-0.15, -0.1) is 0 Å². The highest BCUT2D eigenvalue weighted by atomic mass is 15.0. The molecule has 0 aromatic heterocycles. The molecule has 0 aliphatic heterocycles. The first-order valence-corrected chi connectivity index (χ1v) is 6.36. The van der Waals surface area contributed by atoms with Crippen LogP contribution in [0.5, 0.6) is 0 Å². The lowest BCUT2D eigenvalue weighted by Gasteiger charge is -2.17. The third-order valence-electron chi connectivity index (χ3n) is 3.17. The summed E-state index contributed by atoms with van der Waals surface area (Å²) in [4.78, 5) is 4.44. The molecule has 0 saturated heterocycles. The molecule has 0 radical (unpaired) electrons. The summed E-state index contributed by atoms with van der Waals surface area (Å²) in [6.45, 7) is 0. The van der Waals surface area contributed by atoms with E-state index in [1.54, 1.807) is 0 Å². The van der Waals surface area contributed by atoms with Crippen LogP contribution in [0.4, 0.5) is 0 Å². The van der Waals surface area contributed by atoms with Gasteiger partial charge in [0.15, 0.2) is 0 Å². The van der Waals surface area contributed by atoms with Crippen LogP contribution in [0.2, 0.25) is 0 Å². The monoisotopic (exact) mass is 241 g/mol. The van der Waals surface area contributed by atoms with Gasteiger partial charge in [0, 0.05) is 18.5 Å². The summed E-state index contributed by atoms with van der Waals surface area (Å²) in [5.41, 5.74) is 1.02. The first-order chi connectivity index (χ1) is 8.81. The predicted octanol–water partition coefficient (Wildman–Crippen LogP) is 2.99. The topological polar surface area (TPSA) is 48.2 Å². The lowest BCUT2D eigenvalue weighted by Crippen LogP contribution is -2.23. The fourth-order valence-electron chi connectivity index (χ4n) is 2.11. The SMILES string of the molecule is CN/C(=N\C(=N)C1CC=CCC1)c1ccccc1. The van der Waals surface area contributed by atoms with Crippen LogP contribution in [0.3, 0.4) is 0 Å². The number of amidine groups is 2. The molecular weight excluding hydrogens is 222 g/mol. The predicted molar refractivity (Wildman–Crippen MR) is 76.2 cm³/mol. The molecule has 1 aliphatic carbocycles. The second-order valence-electron chi connectivity index (χ2n) is 4.44. The largest absolute Gasteiger partial charge is 0.373 e. The molecule has 1 aromatic carbocycles. The van der Waals surface area contributed by atoms with Crippen molar-refractivity contribution in [2.24, 2.45) is 10.9 Å². The van der Waals surface area contributed by atoms with Crippen molar-refractivity contribution in [1.29, 1.82) is 5.41 Å². The molecule has 1 unspecified atom stereocenters. The molecule has 18 heavy (non-hydrogen) atoms. The molecule has 0 fully saturated rings. The highest BCUT2D eigenvalue weighted by Crippen LogP contribution is 2.19. The fourth-order valence-corrected chi connectivity index (χ4v) is 2.11. The zero-order valence-electron chi connectivity index (χ0n) is 10.7. The molecular formula is C15H19N3. The first kappa shape index (κ1) is 12.6. The standard InChI is InChI=1S/C15H19N3/c1-17-15(13-10-6-3-7-11-13)18-14(16)12-8-4-2-5-9-12/h2-4,6-7,10-12H,5,8-9H2,1H3,(H2,16,17,18). The fraction of sp³-hybridized carbons (Fsp3) is 0.333. The maximum Gasteiger partial charge on any atom is 0.135 e. The van der Waals surface area contributed by atoms with Crippen molar-refractivity contribution in [2.45, 2.75) is 19.3 Å². The van der Waals surface area contributed by atoms with E-state index in [9.17, 15) is 0 Å². The number of aliphatic imine (C=N–C) groups is 1. The first-order valence-electron chi connectivity index (χ1n) is 6.36. The molecule has 0 heterocycles. The van der Waals surface area contributed by atoms with Crippen LogP contribution in [-0.4, -0.2) is 18.7 Å². The van der Waals surface area contributed by atoms with Crippen molar-refractivity contribution in [3.8, 4) is 0 Å². The van der Waals surface area contributed by atoms with Crippen LogP contribution < -0.4 is 5.32 Å². The normalized spacial score (nSPS) is 19.6. The smallest absolute Gasteiger partial charge is 0.135 e. The minimum absolute atomic E-state index is 0.266. The molecule has 1 aromatic rings. The van der Waals surface area contributed by atoms with Crippen molar-refractivity contribution in [1.82, 2.24) is 5.32 Å². The molecule has 1 atom stereocenters. The quantitative estimate of drug-likeness (QED) is 0.467. The summed E-state index contributed by atoms with van der Waals surface area (Å²) in [7, 11) is 1.85. The summed E-state index contributed by atoms with van der Waals surface area (Å²) in [5.74, 6) is 1.52. The Kier molecular flexibility index (Phi) is 4.29. The third-order valence-corrected chi connectivity index (χ3v) is 3.17. The van der Waals surface area contributed by atoms with Gasteiger partial charge in [0.1, 0.15) is 11.7 Å². The summed E-state index contributed by atoms with van der Waals surface area (Å²) in [5, 5.41) is 11.2. The van der Waals surface area contributed by atoms with Gasteiger partial charge in [-0.3, -0.25) is 5.41 Å². The minimum Gasteiger partial charge on any atom is -0.373 e. The van der Waals surface area contributed by atoms with Crippen LogP contribution in [-0.2, 0) is 0 Å². The zero-order valence-corrected chi connectivity index (χ0v) is 10.7. The van der Waals surface area contributed by atoms with E-state index in [-0.39, 0.29) is 5.92 Å². The van der Waals surface area contributed by atoms with Crippen LogP contribution in [0.15, 0.2) is 47.5 Å². The highest BCUT2D eigenvalue weighted by molar-refractivity contribution is 6.05. The molecule has 0 amide bonds. The Hall–Kier alpha value is -1.90. The van der Waals surface area contributed by atoms with Gasteiger partial charge in [0.05, 0.1) is 0 Å². The summed E-state index contributed by atoms with van der Waals surface area (Å²) in [6, 6.07) is 9.95. The van der Waals surface area contributed by atoms with E-state index >= 15 is 0 Å². The molecule has 2 rings (SSSR count). The van der Waals surface area contributed by atoms with E-state index < -0.39 is 0 Å². The Morgan fingerprint density at radius 1 is 1.28 bits per heavy atom. The van der Waals surface area contributed by atoms with E-state index in [0.717, 1.165) is 30.7 Å². The Morgan fingerprint density at radius 2 is 2.06 bits per heavy atom. The van der Waals surface area contributed by atoms with Gasteiger partial charge < -0.3 is 5.32 Å². The summed E-state index contributed by atoms with van der Waals surface area (Å²) in [6.07, 6.45) is 7.37. The molecule has 0 bridgehead atoms. The minimum atomic E-state index is 0.266. The maximum atomic E-state index is 8.10. The van der Waals surface area contributed by atoms with Crippen molar-refractivity contribution >= 4 is 11.7 Å². The van der Waals surface area contributed by atoms with Crippen LogP contribution in [0.1, 0.15) is 24.8 Å². The Labute approximate surface area is 108 Å². The molecule has 0 spiro atoms. The maximum absolute atomic E-state index is 8.10. The zero-order chi connectivity index (χ0) is 12.8. The van der Waals surface area contributed by atoms with E-state index in [2.05, 4.69) is 22.5 Å². The van der Waals surface area contributed by atoms with Gasteiger partial charge in [0.2, 0.25) is 0 Å². The third kappa shape index (κ3) is 3.06. The van der Waals surface area contributed by atoms with Gasteiger partial charge in [-0.25, -0.2) is 4.99 Å². The number of hydrogen-bond donors (Lipinski definition) is 2. The Morgan fingerprint density at radius 3 is 2.67 bits per heavy atom. The molecule has 3 nitrogen and oxygen atoms in total. The lowest BCUT2D eigenvalue weighted by atomic mass is 9.93. The molecule has 94 valence electrons. The van der Waals surface area contributed by atoms with Crippen LogP contribution >= 0.6 is 0 Å². The van der Waals surface area contributed by atoms with Gasteiger partial charge in [0.25, 0.3) is 0 Å². The van der Waals surface area contributed by atoms with E-state index in [1.165, 1.54) is 0 Å². The molecule has 1 aliphatic rings. The highest BCUT2D eigenvalue weighted by Gasteiger charge is 2.15. The van der Waals surface area contributed by atoms with Gasteiger partial charge >= 0.3 is 0 Å². The van der Waals surface area contributed by atoms with Crippen molar-refractivity contribution in [2.75, 3.05) is 7.05 Å². The second-order valence-corrected chi connectivity index (χ2v) is 4.44. The molecule has 3 heteroatoms. The number of benzene rings is 1. The van der Waals surface area contributed by atoms with Gasteiger partial charge in [-0.05, 0) is 19.3 Å². The van der Waals surface area contributed by atoms with Gasteiger partial charge in [-0.2, -0.15) is 0 Å². The van der Waals surface area contributed by atoms with Crippen LogP contribution in [0, 0.1) is 11.3 Å². The van der Waals surface area contributed by atoms with Crippen LogP contribution in [0.25, 0.3) is 0 Å². The number of rotatable bonds is 2.